The van der Waals surface area contributed by atoms with Crippen LogP contribution in [0.25, 0.3) is 0 Å². The van der Waals surface area contributed by atoms with Gasteiger partial charge in [0.05, 0.1) is 6.61 Å². The van der Waals surface area contributed by atoms with Crippen LogP contribution in [0.4, 0.5) is 11.9 Å². The first-order chi connectivity index (χ1) is 9.19. The van der Waals surface area contributed by atoms with Crippen molar-refractivity contribution in [3.05, 3.63) is 0 Å². The van der Waals surface area contributed by atoms with Crippen molar-refractivity contribution in [1.29, 1.82) is 0 Å². The second kappa shape index (κ2) is 8.79. The topological polar surface area (TPSA) is 72.0 Å². The number of nitrogens with zero attached hydrogens (tertiary/aromatic N) is 3. The number of hydrogen-bond acceptors (Lipinski definition) is 7. The largest absolute Gasteiger partial charge is 0.463 e. The summed E-state index contributed by atoms with van der Waals surface area (Å²) in [6, 6.07) is 0.662. The van der Waals surface area contributed by atoms with E-state index in [1.807, 2.05) is 18.7 Å². The minimum Gasteiger partial charge on any atom is -0.463 e. The van der Waals surface area contributed by atoms with Crippen molar-refractivity contribution in [1.82, 2.24) is 15.0 Å². The van der Waals surface area contributed by atoms with Gasteiger partial charge >= 0.3 is 6.01 Å². The zero-order chi connectivity index (χ0) is 14.1. The van der Waals surface area contributed by atoms with Crippen molar-refractivity contribution in [2.24, 2.45) is 0 Å². The molecule has 1 atom stereocenters. The van der Waals surface area contributed by atoms with Gasteiger partial charge in [0.1, 0.15) is 0 Å². The molecule has 2 N–H and O–H groups in total. The first-order valence-corrected chi connectivity index (χ1v) is 7.75. The van der Waals surface area contributed by atoms with Crippen LogP contribution < -0.4 is 15.4 Å². The molecule has 0 aliphatic heterocycles. The maximum atomic E-state index is 5.45. The van der Waals surface area contributed by atoms with Crippen molar-refractivity contribution in [2.45, 2.75) is 33.2 Å². The van der Waals surface area contributed by atoms with E-state index in [9.17, 15) is 0 Å². The molecular weight excluding hydrogens is 262 g/mol. The Labute approximate surface area is 119 Å². The van der Waals surface area contributed by atoms with E-state index >= 15 is 0 Å². The van der Waals surface area contributed by atoms with Crippen molar-refractivity contribution < 1.29 is 4.74 Å². The third-order valence-corrected chi connectivity index (χ3v) is 3.37. The summed E-state index contributed by atoms with van der Waals surface area (Å²) < 4.78 is 5.45. The Kier molecular flexibility index (Phi) is 7.32. The fourth-order valence-electron chi connectivity index (χ4n) is 1.35. The highest BCUT2D eigenvalue weighted by molar-refractivity contribution is 7.99. The smallest absolute Gasteiger partial charge is 0.323 e. The molecule has 0 spiro atoms. The van der Waals surface area contributed by atoms with Crippen LogP contribution in [0.3, 0.4) is 0 Å². The zero-order valence-corrected chi connectivity index (χ0v) is 12.9. The summed E-state index contributed by atoms with van der Waals surface area (Å²) in [6.45, 7) is 6.91. The lowest BCUT2D eigenvalue weighted by atomic mass is 10.4. The van der Waals surface area contributed by atoms with Crippen LogP contribution in [0.2, 0.25) is 0 Å². The molecule has 6 nitrogen and oxygen atoms in total. The molecule has 1 unspecified atom stereocenters. The predicted octanol–water partition coefficient (Wildman–Crippen LogP) is 2.26. The zero-order valence-electron chi connectivity index (χ0n) is 12.1. The Bertz CT molecular complexity index is 377. The molecule has 1 rings (SSSR count). The highest BCUT2D eigenvalue weighted by Crippen LogP contribution is 2.13. The van der Waals surface area contributed by atoms with Gasteiger partial charge in [-0.2, -0.15) is 26.7 Å². The highest BCUT2D eigenvalue weighted by atomic mass is 32.2. The molecule has 1 aromatic heterocycles. The van der Waals surface area contributed by atoms with E-state index in [0.717, 1.165) is 17.9 Å². The summed E-state index contributed by atoms with van der Waals surface area (Å²) in [4.78, 5) is 12.7. The molecule has 19 heavy (non-hydrogen) atoms. The first kappa shape index (κ1) is 15.8. The number of hydrogen-bond donors (Lipinski definition) is 2. The molecule has 108 valence electrons. The third-order valence-electron chi connectivity index (χ3n) is 2.22. The molecule has 0 saturated heterocycles. The van der Waals surface area contributed by atoms with Crippen molar-refractivity contribution >= 4 is 23.7 Å². The summed E-state index contributed by atoms with van der Waals surface area (Å²) in [5.41, 5.74) is 0. The summed E-state index contributed by atoms with van der Waals surface area (Å²) in [5.74, 6) is 3.19. The van der Waals surface area contributed by atoms with Crippen molar-refractivity contribution in [2.75, 3.05) is 35.8 Å². The third kappa shape index (κ3) is 5.96. The number of rotatable bonds is 9. The molecule has 0 saturated carbocycles. The summed E-state index contributed by atoms with van der Waals surface area (Å²) in [5, 5.41) is 6.18. The van der Waals surface area contributed by atoms with Gasteiger partial charge in [0, 0.05) is 18.8 Å². The summed E-state index contributed by atoms with van der Waals surface area (Å²) in [7, 11) is 1.78. The molecule has 0 aliphatic carbocycles. The van der Waals surface area contributed by atoms with Gasteiger partial charge in [-0.25, -0.2) is 0 Å². The molecule has 1 aromatic rings. The molecule has 0 amide bonds. The van der Waals surface area contributed by atoms with Crippen molar-refractivity contribution in [3.63, 3.8) is 0 Å². The first-order valence-electron chi connectivity index (χ1n) is 6.60. The van der Waals surface area contributed by atoms with Gasteiger partial charge < -0.3 is 15.4 Å². The molecule has 0 fully saturated rings. The fraction of sp³-hybridized carbons (Fsp3) is 0.750. The molecule has 0 aliphatic rings. The number of aromatic nitrogens is 3. The molecule has 0 aromatic carbocycles. The van der Waals surface area contributed by atoms with Gasteiger partial charge in [-0.1, -0.05) is 13.8 Å². The Morgan fingerprint density at radius 1 is 1.21 bits per heavy atom. The van der Waals surface area contributed by atoms with Gasteiger partial charge in [-0.15, -0.1) is 0 Å². The average Bonchev–Trinajstić information content (AvgIpc) is 2.42. The van der Waals surface area contributed by atoms with Crippen LogP contribution >= 0.6 is 11.8 Å². The molecule has 7 heteroatoms. The van der Waals surface area contributed by atoms with Crippen LogP contribution in [-0.4, -0.2) is 46.2 Å². The normalized spacial score (nSPS) is 12.0. The standard InChI is InChI=1S/C12H23N5OS/c1-5-7-18-12-16-10(13-4)15-11(17-12)14-9(3)8-19-6-2/h9H,5-8H2,1-4H3,(H2,13,14,15,16,17). The Morgan fingerprint density at radius 3 is 2.58 bits per heavy atom. The summed E-state index contributed by atoms with van der Waals surface area (Å²) in [6.07, 6.45) is 0.923. The van der Waals surface area contributed by atoms with Crippen LogP contribution in [0.1, 0.15) is 27.2 Å². The van der Waals surface area contributed by atoms with E-state index in [-0.39, 0.29) is 0 Å². The SMILES string of the molecule is CCCOc1nc(NC)nc(NC(C)CSCC)n1. The summed E-state index contributed by atoms with van der Waals surface area (Å²) >= 11 is 1.88. The van der Waals surface area contributed by atoms with E-state index in [4.69, 9.17) is 4.74 Å². The second-order valence-corrected chi connectivity index (χ2v) is 5.39. The lowest BCUT2D eigenvalue weighted by molar-refractivity contribution is 0.292. The minimum absolute atomic E-state index is 0.302. The monoisotopic (exact) mass is 285 g/mol. The molecular formula is C12H23N5OS. The maximum absolute atomic E-state index is 5.45. The highest BCUT2D eigenvalue weighted by Gasteiger charge is 2.09. The van der Waals surface area contributed by atoms with Crippen LogP contribution in [0.5, 0.6) is 6.01 Å². The number of ether oxygens (including phenoxy) is 1. The fourth-order valence-corrected chi connectivity index (χ4v) is 2.02. The number of thioether (sulfide) groups is 1. The molecule has 1 heterocycles. The Morgan fingerprint density at radius 2 is 1.95 bits per heavy atom. The van der Waals surface area contributed by atoms with Gasteiger partial charge in [0.2, 0.25) is 11.9 Å². The van der Waals surface area contributed by atoms with E-state index in [1.54, 1.807) is 7.05 Å². The average molecular weight is 285 g/mol. The lowest BCUT2D eigenvalue weighted by Crippen LogP contribution is -2.20. The predicted molar refractivity (Wildman–Crippen MR) is 81.2 cm³/mol. The molecule has 0 bridgehead atoms. The Hall–Kier alpha value is -1.24. The Balaban J connectivity index is 2.69. The van der Waals surface area contributed by atoms with E-state index in [2.05, 4.69) is 39.4 Å². The lowest BCUT2D eigenvalue weighted by Gasteiger charge is -2.14. The van der Waals surface area contributed by atoms with Crippen LogP contribution in [0.15, 0.2) is 0 Å². The van der Waals surface area contributed by atoms with E-state index < -0.39 is 0 Å². The van der Waals surface area contributed by atoms with Gasteiger partial charge in [0.25, 0.3) is 0 Å². The van der Waals surface area contributed by atoms with Gasteiger partial charge in [0.15, 0.2) is 0 Å². The van der Waals surface area contributed by atoms with Gasteiger partial charge in [-0.3, -0.25) is 0 Å². The van der Waals surface area contributed by atoms with E-state index in [1.165, 1.54) is 0 Å². The maximum Gasteiger partial charge on any atom is 0.323 e. The number of nitrogens with one attached hydrogen (secondary N) is 2. The minimum atomic E-state index is 0.302. The second-order valence-electron chi connectivity index (χ2n) is 4.07. The molecule has 0 radical (unpaired) electrons. The quantitative estimate of drug-likeness (QED) is 0.721. The van der Waals surface area contributed by atoms with E-state index in [0.29, 0.717) is 30.6 Å². The van der Waals surface area contributed by atoms with Crippen LogP contribution in [0, 0.1) is 0 Å². The van der Waals surface area contributed by atoms with Gasteiger partial charge in [-0.05, 0) is 19.1 Å². The number of anilines is 2. The van der Waals surface area contributed by atoms with Crippen molar-refractivity contribution in [3.8, 4) is 6.01 Å². The van der Waals surface area contributed by atoms with Crippen LogP contribution in [-0.2, 0) is 0 Å².